The third-order valence-electron chi connectivity index (χ3n) is 4.56. The fourth-order valence-electron chi connectivity index (χ4n) is 3.25. The molecule has 0 saturated carbocycles. The molecule has 2 saturated heterocycles. The summed E-state index contributed by atoms with van der Waals surface area (Å²) < 4.78 is 6.01. The minimum atomic E-state index is -0.826. The number of benzene rings is 1. The van der Waals surface area contributed by atoms with E-state index in [-0.39, 0.29) is 5.60 Å². The Balaban J connectivity index is 1.49. The molecule has 2 aliphatic heterocycles. The number of hydrogen-bond donors (Lipinski definition) is 2. The summed E-state index contributed by atoms with van der Waals surface area (Å²) in [4.78, 5) is 12.4. The molecule has 2 N–H and O–H groups in total. The van der Waals surface area contributed by atoms with Crippen LogP contribution in [0, 0.1) is 0 Å². The predicted octanol–water partition coefficient (Wildman–Crippen LogP) is 2.55. The maximum atomic E-state index is 11.0. The summed E-state index contributed by atoms with van der Waals surface area (Å²) in [5.74, 6) is 0. The van der Waals surface area contributed by atoms with Gasteiger partial charge < -0.3 is 20.1 Å². The van der Waals surface area contributed by atoms with Gasteiger partial charge in [0.15, 0.2) is 0 Å². The zero-order valence-corrected chi connectivity index (χ0v) is 12.6. The van der Waals surface area contributed by atoms with Crippen LogP contribution in [-0.4, -0.2) is 47.4 Å². The Morgan fingerprint density at radius 1 is 1.32 bits per heavy atom. The van der Waals surface area contributed by atoms with Gasteiger partial charge >= 0.3 is 6.09 Å². The Morgan fingerprint density at radius 3 is 2.73 bits per heavy atom. The first kappa shape index (κ1) is 14.9. The third kappa shape index (κ3) is 3.42. The lowest BCUT2D eigenvalue weighted by molar-refractivity contribution is -0.0394. The Labute approximate surface area is 130 Å². The number of hydrogen-bond acceptors (Lipinski definition) is 3. The molecule has 1 spiro atoms. The lowest BCUT2D eigenvalue weighted by Crippen LogP contribution is -2.46. The number of likely N-dealkylation sites (tertiary alicyclic amines) is 1. The molecule has 5 heteroatoms. The van der Waals surface area contributed by atoms with E-state index >= 15 is 0 Å². The average Bonchev–Trinajstić information content (AvgIpc) is 2.92. The van der Waals surface area contributed by atoms with Crippen LogP contribution in [0.1, 0.15) is 24.8 Å². The molecule has 2 fully saturated rings. The van der Waals surface area contributed by atoms with Crippen LogP contribution in [-0.2, 0) is 4.74 Å². The van der Waals surface area contributed by atoms with Crippen molar-refractivity contribution in [3.8, 4) is 0 Å². The second kappa shape index (κ2) is 6.40. The fourth-order valence-corrected chi connectivity index (χ4v) is 3.25. The number of piperidine rings is 1. The molecule has 1 aromatic carbocycles. The lowest BCUT2D eigenvalue weighted by atomic mass is 9.87. The Hall–Kier alpha value is -2.01. The monoisotopic (exact) mass is 302 g/mol. The van der Waals surface area contributed by atoms with Crippen molar-refractivity contribution < 1.29 is 14.6 Å². The number of carbonyl (C=O) groups is 1. The van der Waals surface area contributed by atoms with Crippen molar-refractivity contribution in [3.05, 3.63) is 42.1 Å². The number of nitrogens with one attached hydrogen (secondary N) is 1. The van der Waals surface area contributed by atoms with Crippen molar-refractivity contribution in [2.24, 2.45) is 0 Å². The van der Waals surface area contributed by atoms with Crippen molar-refractivity contribution in [3.63, 3.8) is 0 Å². The van der Waals surface area contributed by atoms with Crippen LogP contribution in [0.5, 0.6) is 0 Å². The molecule has 0 radical (unpaired) electrons. The number of nitrogens with zero attached hydrogens (tertiary/aromatic N) is 1. The van der Waals surface area contributed by atoms with E-state index in [0.29, 0.717) is 25.7 Å². The van der Waals surface area contributed by atoms with Gasteiger partial charge in [0.2, 0.25) is 0 Å². The summed E-state index contributed by atoms with van der Waals surface area (Å²) in [6.07, 6.45) is 5.74. The number of ether oxygens (including phenoxy) is 1. The van der Waals surface area contributed by atoms with Crippen LogP contribution in [0.4, 0.5) is 4.79 Å². The summed E-state index contributed by atoms with van der Waals surface area (Å²) in [5, 5.41) is 12.4. The van der Waals surface area contributed by atoms with Gasteiger partial charge in [0.1, 0.15) is 0 Å². The van der Waals surface area contributed by atoms with Crippen molar-refractivity contribution in [2.45, 2.75) is 30.9 Å². The standard InChI is InChI=1S/C17H22N2O3/c20-16(21)19-10-7-17(8-11-19)12-15(13-22-17)18-9-6-14-4-2-1-3-5-14/h1-6,9,15,18H,7-8,10-13H2,(H,20,21). The third-order valence-corrected chi connectivity index (χ3v) is 4.56. The minimum Gasteiger partial charge on any atom is -0.465 e. The van der Waals surface area contributed by atoms with Crippen molar-refractivity contribution in [1.82, 2.24) is 10.2 Å². The molecular weight excluding hydrogens is 280 g/mol. The first-order chi connectivity index (χ1) is 10.7. The molecule has 2 aliphatic rings. The fraction of sp³-hybridized carbons (Fsp3) is 0.471. The van der Waals surface area contributed by atoms with Crippen LogP contribution < -0.4 is 5.32 Å². The second-order valence-corrected chi connectivity index (χ2v) is 6.08. The average molecular weight is 302 g/mol. The highest BCUT2D eigenvalue weighted by atomic mass is 16.5. The van der Waals surface area contributed by atoms with E-state index in [1.54, 1.807) is 0 Å². The summed E-state index contributed by atoms with van der Waals surface area (Å²) in [5.41, 5.74) is 1.03. The van der Waals surface area contributed by atoms with Gasteiger partial charge in [0.05, 0.1) is 18.2 Å². The number of amides is 1. The molecule has 1 aromatic rings. The van der Waals surface area contributed by atoms with Crippen molar-refractivity contribution in [1.29, 1.82) is 0 Å². The van der Waals surface area contributed by atoms with Gasteiger partial charge in [0, 0.05) is 13.1 Å². The maximum Gasteiger partial charge on any atom is 0.407 e. The molecular formula is C17H22N2O3. The second-order valence-electron chi connectivity index (χ2n) is 6.08. The smallest absolute Gasteiger partial charge is 0.407 e. The van der Waals surface area contributed by atoms with Gasteiger partial charge in [0.25, 0.3) is 0 Å². The topological polar surface area (TPSA) is 61.8 Å². The molecule has 3 rings (SSSR count). The zero-order chi connectivity index (χ0) is 15.4. The van der Waals surface area contributed by atoms with Gasteiger partial charge in [-0.05, 0) is 37.1 Å². The Morgan fingerprint density at radius 2 is 2.05 bits per heavy atom. The van der Waals surface area contributed by atoms with Gasteiger partial charge in [-0.2, -0.15) is 0 Å². The molecule has 0 aliphatic carbocycles. The highest BCUT2D eigenvalue weighted by Gasteiger charge is 2.43. The van der Waals surface area contributed by atoms with Gasteiger partial charge in [-0.1, -0.05) is 30.3 Å². The summed E-state index contributed by atoms with van der Waals surface area (Å²) in [7, 11) is 0. The number of carboxylic acid groups (broad SMARTS) is 1. The van der Waals surface area contributed by atoms with Crippen molar-refractivity contribution in [2.75, 3.05) is 19.7 Å². The quantitative estimate of drug-likeness (QED) is 0.901. The van der Waals surface area contributed by atoms with Crippen molar-refractivity contribution >= 4 is 12.2 Å². The number of rotatable bonds is 3. The van der Waals surface area contributed by atoms with E-state index in [9.17, 15) is 4.79 Å². The van der Waals surface area contributed by atoms with Crippen LogP contribution in [0.25, 0.3) is 6.08 Å². The molecule has 1 unspecified atom stereocenters. The maximum absolute atomic E-state index is 11.0. The molecule has 1 amide bonds. The molecule has 2 heterocycles. The van der Waals surface area contributed by atoms with E-state index in [1.165, 1.54) is 10.5 Å². The molecule has 1 atom stereocenters. The highest BCUT2D eigenvalue weighted by Crippen LogP contribution is 2.35. The van der Waals surface area contributed by atoms with Crippen LogP contribution in [0.15, 0.2) is 36.5 Å². The largest absolute Gasteiger partial charge is 0.465 e. The molecule has 5 nitrogen and oxygen atoms in total. The lowest BCUT2D eigenvalue weighted by Gasteiger charge is -2.37. The van der Waals surface area contributed by atoms with E-state index in [0.717, 1.165) is 19.3 Å². The highest BCUT2D eigenvalue weighted by molar-refractivity contribution is 5.65. The first-order valence-electron chi connectivity index (χ1n) is 7.76. The molecule has 118 valence electrons. The summed E-state index contributed by atoms with van der Waals surface area (Å²) in [6, 6.07) is 10.5. The SMILES string of the molecule is O=C(O)N1CCC2(CC1)CC(NC=Cc1ccccc1)CO2. The summed E-state index contributed by atoms with van der Waals surface area (Å²) >= 11 is 0. The molecule has 0 bridgehead atoms. The zero-order valence-electron chi connectivity index (χ0n) is 12.6. The van der Waals surface area contributed by atoms with E-state index in [4.69, 9.17) is 9.84 Å². The van der Waals surface area contributed by atoms with Gasteiger partial charge in [-0.3, -0.25) is 0 Å². The van der Waals surface area contributed by atoms with Crippen LogP contribution >= 0.6 is 0 Å². The van der Waals surface area contributed by atoms with Crippen LogP contribution in [0.2, 0.25) is 0 Å². The molecule has 22 heavy (non-hydrogen) atoms. The first-order valence-corrected chi connectivity index (χ1v) is 7.76. The normalized spacial score (nSPS) is 24.0. The van der Waals surface area contributed by atoms with Crippen LogP contribution in [0.3, 0.4) is 0 Å². The van der Waals surface area contributed by atoms with E-state index in [1.807, 2.05) is 24.4 Å². The predicted molar refractivity (Wildman–Crippen MR) is 84.5 cm³/mol. The van der Waals surface area contributed by atoms with Gasteiger partial charge in [-0.15, -0.1) is 0 Å². The summed E-state index contributed by atoms with van der Waals surface area (Å²) in [6.45, 7) is 1.83. The van der Waals surface area contributed by atoms with E-state index < -0.39 is 6.09 Å². The molecule has 0 aromatic heterocycles. The van der Waals surface area contributed by atoms with E-state index in [2.05, 4.69) is 23.5 Å². The Kier molecular flexibility index (Phi) is 4.34. The van der Waals surface area contributed by atoms with Gasteiger partial charge in [-0.25, -0.2) is 4.79 Å². The minimum absolute atomic E-state index is 0.135. The Bertz CT molecular complexity index is 536.